The van der Waals surface area contributed by atoms with Gasteiger partial charge in [0.15, 0.2) is 0 Å². The number of unbranched alkanes of at least 4 members (excludes halogenated alkanes) is 1. The smallest absolute Gasteiger partial charge is 0.122 e. The summed E-state index contributed by atoms with van der Waals surface area (Å²) >= 11 is 0. The molecule has 1 aromatic carbocycles. The molecule has 2 nitrogen and oxygen atoms in total. The van der Waals surface area contributed by atoms with E-state index in [4.69, 9.17) is 11.2 Å². The highest BCUT2D eigenvalue weighted by atomic mass is 16.5. The van der Waals surface area contributed by atoms with Crippen LogP contribution in [-0.4, -0.2) is 19.7 Å². The number of hydrogen-bond acceptors (Lipinski definition) is 2. The van der Waals surface area contributed by atoms with Crippen LogP contribution in [0.2, 0.25) is 0 Å². The van der Waals surface area contributed by atoms with Gasteiger partial charge in [0.05, 0.1) is 6.61 Å². The summed E-state index contributed by atoms with van der Waals surface area (Å²) in [5.74, 6) is 4.30. The van der Waals surface area contributed by atoms with Crippen LogP contribution < -0.4 is 10.1 Å². The van der Waals surface area contributed by atoms with E-state index in [-0.39, 0.29) is 0 Å². The second-order valence-corrected chi connectivity index (χ2v) is 4.87. The van der Waals surface area contributed by atoms with Crippen LogP contribution in [0.3, 0.4) is 0 Å². The van der Waals surface area contributed by atoms with Gasteiger partial charge in [0.1, 0.15) is 5.75 Å². The van der Waals surface area contributed by atoms with Crippen molar-refractivity contribution in [2.45, 2.75) is 31.7 Å². The van der Waals surface area contributed by atoms with Gasteiger partial charge in [-0.1, -0.05) is 18.2 Å². The Hall–Kier alpha value is -1.46. The molecule has 1 aromatic rings. The number of ether oxygens (including phenoxy) is 1. The van der Waals surface area contributed by atoms with Crippen molar-refractivity contribution < 1.29 is 4.74 Å². The summed E-state index contributed by atoms with van der Waals surface area (Å²) in [4.78, 5) is 0. The average molecular weight is 243 g/mol. The minimum Gasteiger partial charge on any atom is -0.493 e. The van der Waals surface area contributed by atoms with Crippen molar-refractivity contribution in [3.05, 3.63) is 29.8 Å². The molecule has 0 radical (unpaired) electrons. The number of nitrogens with one attached hydrogen (secondary N) is 1. The van der Waals surface area contributed by atoms with E-state index in [1.807, 2.05) is 13.1 Å². The fourth-order valence-corrected chi connectivity index (χ4v) is 2.65. The number of rotatable bonds is 5. The maximum Gasteiger partial charge on any atom is 0.122 e. The number of hydrogen-bond donors (Lipinski definition) is 1. The molecular formula is C16H21NO. The molecule has 2 unspecified atom stereocenters. The first kappa shape index (κ1) is 13.0. The third-order valence-electron chi connectivity index (χ3n) is 3.68. The molecule has 0 bridgehead atoms. The number of para-hydroxylation sites is 1. The Morgan fingerprint density at radius 3 is 3.11 bits per heavy atom. The Bertz CT molecular complexity index is 421. The zero-order chi connectivity index (χ0) is 12.8. The summed E-state index contributed by atoms with van der Waals surface area (Å²) in [5, 5.41) is 3.41. The van der Waals surface area contributed by atoms with E-state index in [0.29, 0.717) is 12.0 Å². The molecule has 2 atom stereocenters. The van der Waals surface area contributed by atoms with Crippen LogP contribution >= 0.6 is 0 Å². The van der Waals surface area contributed by atoms with Crippen molar-refractivity contribution in [3.63, 3.8) is 0 Å². The largest absolute Gasteiger partial charge is 0.493 e. The van der Waals surface area contributed by atoms with Crippen molar-refractivity contribution in [1.29, 1.82) is 0 Å². The molecule has 0 fully saturated rings. The van der Waals surface area contributed by atoms with Crippen LogP contribution in [0.15, 0.2) is 24.3 Å². The SMILES string of the molecule is C#CCCCC(NC)C1COc2ccccc2C1. The van der Waals surface area contributed by atoms with Crippen molar-refractivity contribution in [3.8, 4) is 18.1 Å². The van der Waals surface area contributed by atoms with Crippen LogP contribution in [0.1, 0.15) is 24.8 Å². The molecule has 0 spiro atoms. The van der Waals surface area contributed by atoms with E-state index < -0.39 is 0 Å². The lowest BCUT2D eigenvalue weighted by molar-refractivity contribution is 0.182. The quantitative estimate of drug-likeness (QED) is 0.634. The fraction of sp³-hybridized carbons (Fsp3) is 0.500. The van der Waals surface area contributed by atoms with Gasteiger partial charge < -0.3 is 10.1 Å². The number of fused-ring (bicyclic) bond motifs is 1. The molecule has 0 aliphatic carbocycles. The molecule has 1 aliphatic rings. The van der Waals surface area contributed by atoms with E-state index in [0.717, 1.165) is 38.0 Å². The van der Waals surface area contributed by atoms with Gasteiger partial charge in [-0.25, -0.2) is 0 Å². The van der Waals surface area contributed by atoms with Gasteiger partial charge in [-0.2, -0.15) is 0 Å². The zero-order valence-corrected chi connectivity index (χ0v) is 11.0. The van der Waals surface area contributed by atoms with E-state index in [2.05, 4.69) is 29.4 Å². The Morgan fingerprint density at radius 1 is 1.50 bits per heavy atom. The Morgan fingerprint density at radius 2 is 2.33 bits per heavy atom. The Kier molecular flexibility index (Phi) is 4.66. The predicted octanol–water partition coefficient (Wildman–Crippen LogP) is 2.63. The highest BCUT2D eigenvalue weighted by Crippen LogP contribution is 2.29. The zero-order valence-electron chi connectivity index (χ0n) is 11.0. The summed E-state index contributed by atoms with van der Waals surface area (Å²) < 4.78 is 5.84. The molecule has 1 N–H and O–H groups in total. The van der Waals surface area contributed by atoms with Crippen LogP contribution in [0, 0.1) is 18.3 Å². The molecule has 96 valence electrons. The average Bonchev–Trinajstić information content (AvgIpc) is 2.43. The van der Waals surface area contributed by atoms with Gasteiger partial charge in [-0.05, 0) is 37.9 Å². The molecule has 0 saturated heterocycles. The molecule has 0 saturated carbocycles. The van der Waals surface area contributed by atoms with Crippen LogP contribution in [0.25, 0.3) is 0 Å². The molecular weight excluding hydrogens is 222 g/mol. The van der Waals surface area contributed by atoms with Crippen LogP contribution in [0.5, 0.6) is 5.75 Å². The molecule has 0 amide bonds. The maximum atomic E-state index is 5.84. The second kappa shape index (κ2) is 6.47. The standard InChI is InChI=1S/C16H21NO/c1-3-4-5-9-15(17-2)14-11-13-8-6-7-10-16(13)18-12-14/h1,6-8,10,14-15,17H,4-5,9,11-12H2,2H3. The van der Waals surface area contributed by atoms with Crippen LogP contribution in [-0.2, 0) is 6.42 Å². The molecule has 2 heteroatoms. The first-order chi connectivity index (χ1) is 8.85. The summed E-state index contributed by atoms with van der Waals surface area (Å²) in [7, 11) is 2.03. The van der Waals surface area contributed by atoms with E-state index >= 15 is 0 Å². The van der Waals surface area contributed by atoms with Gasteiger partial charge in [-0.15, -0.1) is 12.3 Å². The lowest BCUT2D eigenvalue weighted by Gasteiger charge is -2.31. The van der Waals surface area contributed by atoms with Gasteiger partial charge in [-0.3, -0.25) is 0 Å². The minimum absolute atomic E-state index is 0.492. The van der Waals surface area contributed by atoms with Gasteiger partial charge >= 0.3 is 0 Å². The van der Waals surface area contributed by atoms with E-state index in [1.54, 1.807) is 0 Å². The van der Waals surface area contributed by atoms with Crippen molar-refractivity contribution >= 4 is 0 Å². The monoisotopic (exact) mass is 243 g/mol. The third-order valence-corrected chi connectivity index (χ3v) is 3.68. The van der Waals surface area contributed by atoms with Crippen LogP contribution in [0.4, 0.5) is 0 Å². The Balaban J connectivity index is 1.96. The van der Waals surface area contributed by atoms with Gasteiger partial charge in [0, 0.05) is 18.4 Å². The van der Waals surface area contributed by atoms with Crippen molar-refractivity contribution in [2.24, 2.45) is 5.92 Å². The second-order valence-electron chi connectivity index (χ2n) is 4.87. The summed E-state index contributed by atoms with van der Waals surface area (Å²) in [6.45, 7) is 0.804. The summed E-state index contributed by atoms with van der Waals surface area (Å²) in [6, 6.07) is 8.82. The first-order valence-corrected chi connectivity index (χ1v) is 6.66. The highest BCUT2D eigenvalue weighted by molar-refractivity contribution is 5.35. The van der Waals surface area contributed by atoms with Crippen molar-refractivity contribution in [2.75, 3.05) is 13.7 Å². The number of benzene rings is 1. The minimum atomic E-state index is 0.492. The molecule has 0 aromatic heterocycles. The summed E-state index contributed by atoms with van der Waals surface area (Å²) in [5.41, 5.74) is 1.32. The topological polar surface area (TPSA) is 21.3 Å². The lowest BCUT2D eigenvalue weighted by atomic mass is 9.88. The molecule has 2 rings (SSSR count). The molecule has 18 heavy (non-hydrogen) atoms. The van der Waals surface area contributed by atoms with E-state index in [9.17, 15) is 0 Å². The first-order valence-electron chi connectivity index (χ1n) is 6.66. The molecule has 1 aliphatic heterocycles. The van der Waals surface area contributed by atoms with Gasteiger partial charge in [0.2, 0.25) is 0 Å². The lowest BCUT2D eigenvalue weighted by Crippen LogP contribution is -2.39. The predicted molar refractivity (Wildman–Crippen MR) is 74.7 cm³/mol. The number of terminal acetylenes is 1. The van der Waals surface area contributed by atoms with E-state index in [1.165, 1.54) is 5.56 Å². The normalized spacial score (nSPS) is 19.4. The Labute approximate surface area is 110 Å². The van der Waals surface area contributed by atoms with Crippen molar-refractivity contribution in [1.82, 2.24) is 5.32 Å². The third kappa shape index (κ3) is 3.05. The highest BCUT2D eigenvalue weighted by Gasteiger charge is 2.25. The molecule has 1 heterocycles. The maximum absolute atomic E-state index is 5.84. The fourth-order valence-electron chi connectivity index (χ4n) is 2.65. The summed E-state index contributed by atoms with van der Waals surface area (Å²) in [6.07, 6.45) is 9.47. The van der Waals surface area contributed by atoms with Gasteiger partial charge in [0.25, 0.3) is 0 Å².